The van der Waals surface area contributed by atoms with Crippen LogP contribution in [-0.2, 0) is 14.8 Å². The van der Waals surface area contributed by atoms with Crippen LogP contribution in [0.25, 0.3) is 0 Å². The number of morpholine rings is 1. The summed E-state index contributed by atoms with van der Waals surface area (Å²) in [5, 5.41) is 0. The van der Waals surface area contributed by atoms with Gasteiger partial charge in [-0.1, -0.05) is 36.4 Å². The molecule has 7 heteroatoms. The van der Waals surface area contributed by atoms with Gasteiger partial charge in [0.05, 0.1) is 17.6 Å². The molecule has 1 unspecified atom stereocenters. The minimum absolute atomic E-state index is 0.0481. The first kappa shape index (κ1) is 19.0. The van der Waals surface area contributed by atoms with Gasteiger partial charge in [0, 0.05) is 19.6 Å². The molecule has 0 aliphatic carbocycles. The molecule has 2 aromatic rings. The number of sulfonamides is 1. The highest BCUT2D eigenvalue weighted by atomic mass is 32.2. The van der Waals surface area contributed by atoms with Crippen LogP contribution in [0.3, 0.4) is 0 Å². The van der Waals surface area contributed by atoms with E-state index in [2.05, 4.69) is 21.8 Å². The van der Waals surface area contributed by atoms with Crippen molar-refractivity contribution in [3.8, 4) is 0 Å². The zero-order chi connectivity index (χ0) is 18.4. The summed E-state index contributed by atoms with van der Waals surface area (Å²) in [6.07, 6.45) is 0.727. The summed E-state index contributed by atoms with van der Waals surface area (Å²) in [4.78, 5) is 2.23. The first-order valence-corrected chi connectivity index (χ1v) is 10.2. The van der Waals surface area contributed by atoms with E-state index in [0.29, 0.717) is 19.6 Å². The van der Waals surface area contributed by atoms with Crippen LogP contribution in [0.2, 0.25) is 0 Å². The topological polar surface area (TPSA) is 58.6 Å². The summed E-state index contributed by atoms with van der Waals surface area (Å²) < 4.78 is 45.9. The van der Waals surface area contributed by atoms with Crippen LogP contribution in [0.4, 0.5) is 4.39 Å². The molecule has 3 rings (SSSR count). The predicted octanol–water partition coefficient (Wildman–Crippen LogP) is 2.57. The minimum atomic E-state index is -3.67. The van der Waals surface area contributed by atoms with Gasteiger partial charge in [0.1, 0.15) is 5.82 Å². The molecule has 5 nitrogen and oxygen atoms in total. The number of nitrogens with one attached hydrogen (secondary N) is 1. The van der Waals surface area contributed by atoms with E-state index in [1.807, 2.05) is 18.2 Å². The molecular formula is C19H23FN2O3S. The molecule has 26 heavy (non-hydrogen) atoms. The van der Waals surface area contributed by atoms with Crippen LogP contribution >= 0.6 is 0 Å². The summed E-state index contributed by atoms with van der Waals surface area (Å²) in [5.74, 6) is -0.562. The van der Waals surface area contributed by atoms with E-state index >= 15 is 0 Å². The molecule has 1 heterocycles. The Morgan fingerprint density at radius 2 is 1.96 bits per heavy atom. The number of ether oxygens (including phenoxy) is 1. The average Bonchev–Trinajstić information content (AvgIpc) is 2.66. The first-order valence-electron chi connectivity index (χ1n) is 8.69. The van der Waals surface area contributed by atoms with Gasteiger partial charge < -0.3 is 4.74 Å². The highest BCUT2D eigenvalue weighted by Crippen LogP contribution is 2.21. The number of benzene rings is 2. The molecule has 0 saturated carbocycles. The first-order chi connectivity index (χ1) is 12.5. The SMILES string of the molecule is O=S(=O)(NCCCN1CCOC(c2ccccc2)C1)c1cccc(F)c1. The Hall–Kier alpha value is -1.80. The normalized spacial score (nSPS) is 18.7. The number of rotatable bonds is 7. The van der Waals surface area contributed by atoms with Crippen molar-refractivity contribution in [2.75, 3.05) is 32.8 Å². The van der Waals surface area contributed by atoms with Gasteiger partial charge in [-0.25, -0.2) is 17.5 Å². The van der Waals surface area contributed by atoms with Crippen LogP contribution in [0.15, 0.2) is 59.5 Å². The second kappa shape index (κ2) is 8.73. The lowest BCUT2D eigenvalue weighted by Gasteiger charge is -2.33. The summed E-state index contributed by atoms with van der Waals surface area (Å²) in [6, 6.07) is 15.1. The number of nitrogens with zero attached hydrogens (tertiary/aromatic N) is 1. The van der Waals surface area contributed by atoms with E-state index in [9.17, 15) is 12.8 Å². The molecule has 0 radical (unpaired) electrons. The van der Waals surface area contributed by atoms with E-state index in [-0.39, 0.29) is 11.0 Å². The average molecular weight is 378 g/mol. The molecule has 1 atom stereocenters. The van der Waals surface area contributed by atoms with Crippen molar-refractivity contribution in [1.29, 1.82) is 0 Å². The van der Waals surface area contributed by atoms with Crippen LogP contribution in [-0.4, -0.2) is 46.1 Å². The van der Waals surface area contributed by atoms with Gasteiger partial charge in [-0.05, 0) is 36.7 Å². The quantitative estimate of drug-likeness (QED) is 0.753. The predicted molar refractivity (Wildman–Crippen MR) is 97.8 cm³/mol. The van der Waals surface area contributed by atoms with E-state index in [1.165, 1.54) is 18.2 Å². The fourth-order valence-electron chi connectivity index (χ4n) is 3.00. The van der Waals surface area contributed by atoms with Gasteiger partial charge in [-0.15, -0.1) is 0 Å². The van der Waals surface area contributed by atoms with E-state index < -0.39 is 15.8 Å². The third-order valence-electron chi connectivity index (χ3n) is 4.37. The minimum Gasteiger partial charge on any atom is -0.371 e. The summed E-state index contributed by atoms with van der Waals surface area (Å²) in [5.41, 5.74) is 1.16. The van der Waals surface area contributed by atoms with Gasteiger partial charge in [0.25, 0.3) is 0 Å². The Morgan fingerprint density at radius 3 is 2.73 bits per heavy atom. The van der Waals surface area contributed by atoms with Crippen molar-refractivity contribution >= 4 is 10.0 Å². The lowest BCUT2D eigenvalue weighted by Crippen LogP contribution is -2.39. The highest BCUT2D eigenvalue weighted by molar-refractivity contribution is 7.89. The molecule has 140 valence electrons. The van der Waals surface area contributed by atoms with Crippen molar-refractivity contribution in [3.05, 3.63) is 66.0 Å². The van der Waals surface area contributed by atoms with Crippen molar-refractivity contribution in [1.82, 2.24) is 9.62 Å². The number of hydrogen-bond acceptors (Lipinski definition) is 4. The van der Waals surface area contributed by atoms with Crippen LogP contribution in [0.1, 0.15) is 18.1 Å². The number of halogens is 1. The van der Waals surface area contributed by atoms with Crippen LogP contribution in [0, 0.1) is 5.82 Å². The highest BCUT2D eigenvalue weighted by Gasteiger charge is 2.21. The van der Waals surface area contributed by atoms with Crippen molar-refractivity contribution < 1.29 is 17.5 Å². The second-order valence-corrected chi connectivity index (χ2v) is 8.05. The van der Waals surface area contributed by atoms with E-state index in [4.69, 9.17) is 4.74 Å². The fourth-order valence-corrected chi connectivity index (χ4v) is 4.11. The fraction of sp³-hybridized carbons (Fsp3) is 0.368. The molecule has 1 aliphatic rings. The summed E-state index contributed by atoms with van der Waals surface area (Å²) >= 11 is 0. The molecule has 2 aromatic carbocycles. The second-order valence-electron chi connectivity index (χ2n) is 6.28. The molecule has 0 aromatic heterocycles. The van der Waals surface area contributed by atoms with Gasteiger partial charge in [-0.3, -0.25) is 4.90 Å². The molecular weight excluding hydrogens is 355 g/mol. The van der Waals surface area contributed by atoms with Crippen LogP contribution < -0.4 is 4.72 Å². The maximum absolute atomic E-state index is 13.2. The Morgan fingerprint density at radius 1 is 1.15 bits per heavy atom. The largest absolute Gasteiger partial charge is 0.371 e. The standard InChI is InChI=1S/C19H23FN2O3S/c20-17-8-4-9-18(14-17)26(23,24)21-10-5-11-22-12-13-25-19(15-22)16-6-2-1-3-7-16/h1-4,6-9,14,19,21H,5,10-13,15H2. The Labute approximate surface area is 153 Å². The third-order valence-corrected chi connectivity index (χ3v) is 5.83. The summed E-state index contributed by atoms with van der Waals surface area (Å²) in [6.45, 7) is 3.37. The lowest BCUT2D eigenvalue weighted by atomic mass is 10.1. The van der Waals surface area contributed by atoms with E-state index in [1.54, 1.807) is 0 Å². The lowest BCUT2D eigenvalue weighted by molar-refractivity contribution is -0.0300. The molecule has 1 aliphatic heterocycles. The summed E-state index contributed by atoms with van der Waals surface area (Å²) in [7, 11) is -3.67. The third kappa shape index (κ3) is 5.11. The number of hydrogen-bond donors (Lipinski definition) is 1. The molecule has 1 N–H and O–H groups in total. The Bertz CT molecular complexity index is 815. The van der Waals surface area contributed by atoms with Crippen molar-refractivity contribution in [2.24, 2.45) is 0 Å². The zero-order valence-electron chi connectivity index (χ0n) is 14.5. The molecule has 0 spiro atoms. The van der Waals surface area contributed by atoms with Gasteiger partial charge in [-0.2, -0.15) is 0 Å². The molecule has 0 amide bonds. The van der Waals surface area contributed by atoms with E-state index in [0.717, 1.165) is 31.3 Å². The van der Waals surface area contributed by atoms with Gasteiger partial charge in [0.2, 0.25) is 10.0 Å². The smallest absolute Gasteiger partial charge is 0.240 e. The van der Waals surface area contributed by atoms with Crippen molar-refractivity contribution in [2.45, 2.75) is 17.4 Å². The van der Waals surface area contributed by atoms with Crippen LogP contribution in [0.5, 0.6) is 0 Å². The Balaban J connectivity index is 1.46. The maximum atomic E-state index is 13.2. The molecule has 1 saturated heterocycles. The zero-order valence-corrected chi connectivity index (χ0v) is 15.3. The molecule has 0 bridgehead atoms. The molecule has 1 fully saturated rings. The monoisotopic (exact) mass is 378 g/mol. The van der Waals surface area contributed by atoms with Gasteiger partial charge >= 0.3 is 0 Å². The van der Waals surface area contributed by atoms with Gasteiger partial charge in [0.15, 0.2) is 0 Å². The van der Waals surface area contributed by atoms with Crippen molar-refractivity contribution in [3.63, 3.8) is 0 Å². The Kier molecular flexibility index (Phi) is 6.37. The maximum Gasteiger partial charge on any atom is 0.240 e.